The molecule has 1 saturated heterocycles. The summed E-state index contributed by atoms with van der Waals surface area (Å²) in [4.78, 5) is 0. The van der Waals surface area contributed by atoms with Crippen LogP contribution in [0.1, 0.15) is 37.8 Å². The largest absolute Gasteiger partial charge is 0.493 e. The van der Waals surface area contributed by atoms with Gasteiger partial charge in [-0.15, -0.1) is 12.4 Å². The molecule has 2 atom stereocenters. The van der Waals surface area contributed by atoms with Crippen LogP contribution in [-0.2, 0) is 17.7 Å². The summed E-state index contributed by atoms with van der Waals surface area (Å²) in [6.45, 7) is 6.66. The topological polar surface area (TPSA) is 60.0 Å². The van der Waals surface area contributed by atoms with Gasteiger partial charge in [-0.1, -0.05) is 36.4 Å². The maximum absolute atomic E-state index is 10.4. The van der Waals surface area contributed by atoms with Gasteiger partial charge < -0.3 is 24.6 Å². The van der Waals surface area contributed by atoms with Crippen LogP contribution in [-0.4, -0.2) is 44.7 Å². The smallest absolute Gasteiger partial charge is 0.161 e. The van der Waals surface area contributed by atoms with Crippen LogP contribution in [0, 0.1) is 11.3 Å². The summed E-state index contributed by atoms with van der Waals surface area (Å²) >= 11 is 0. The highest BCUT2D eigenvalue weighted by Gasteiger charge is 2.45. The quantitative estimate of drug-likeness (QED) is 0.537. The first kappa shape index (κ1) is 26.5. The zero-order valence-corrected chi connectivity index (χ0v) is 20.5. The highest BCUT2D eigenvalue weighted by atomic mass is 35.5. The maximum Gasteiger partial charge on any atom is 0.161 e. The highest BCUT2D eigenvalue weighted by molar-refractivity contribution is 5.85. The van der Waals surface area contributed by atoms with Crippen LogP contribution in [0.5, 0.6) is 11.5 Å². The third kappa shape index (κ3) is 6.61. The minimum Gasteiger partial charge on any atom is -0.493 e. The molecule has 1 aliphatic rings. The van der Waals surface area contributed by atoms with Crippen LogP contribution < -0.4 is 14.8 Å². The number of nitrogens with one attached hydrogen (secondary N) is 1. The predicted molar refractivity (Wildman–Crippen MR) is 131 cm³/mol. The number of benzene rings is 2. The number of hydrogen-bond acceptors (Lipinski definition) is 5. The van der Waals surface area contributed by atoms with Gasteiger partial charge in [0.15, 0.2) is 11.5 Å². The van der Waals surface area contributed by atoms with Gasteiger partial charge in [0.25, 0.3) is 0 Å². The molecule has 3 rings (SSSR count). The molecule has 0 amide bonds. The van der Waals surface area contributed by atoms with Crippen molar-refractivity contribution in [3.05, 3.63) is 59.7 Å². The fourth-order valence-electron chi connectivity index (χ4n) is 5.02. The molecule has 1 heterocycles. The van der Waals surface area contributed by atoms with Gasteiger partial charge in [0.05, 0.1) is 19.8 Å². The third-order valence-electron chi connectivity index (χ3n) is 6.52. The number of aliphatic hydroxyl groups is 1. The van der Waals surface area contributed by atoms with E-state index in [0.717, 1.165) is 49.5 Å². The summed E-state index contributed by atoms with van der Waals surface area (Å²) in [7, 11) is 3.29. The van der Waals surface area contributed by atoms with E-state index in [4.69, 9.17) is 14.2 Å². The Morgan fingerprint density at radius 3 is 2.38 bits per heavy atom. The van der Waals surface area contributed by atoms with Crippen LogP contribution >= 0.6 is 12.4 Å². The Balaban J connectivity index is 0.00000363. The zero-order valence-electron chi connectivity index (χ0n) is 19.7. The maximum atomic E-state index is 10.4. The standard InChI is InChI=1S/C26H37NO4.ClH/c1-25(2)19-26(12-13-31-25,15-20-8-6-5-7-9-20)22(18-28)17-27-16-21-10-11-23(29-3)24(14-21)30-4;/h5-11,14,22,27-28H,12-13,15-19H2,1-4H3;1H. The average molecular weight is 464 g/mol. The van der Waals surface area contributed by atoms with Crippen LogP contribution in [0.2, 0.25) is 0 Å². The molecular weight excluding hydrogens is 426 g/mol. The summed E-state index contributed by atoms with van der Waals surface area (Å²) in [6, 6.07) is 16.6. The average Bonchev–Trinajstić information content (AvgIpc) is 2.76. The van der Waals surface area contributed by atoms with Crippen molar-refractivity contribution >= 4 is 12.4 Å². The van der Waals surface area contributed by atoms with E-state index in [2.05, 4.69) is 49.5 Å². The van der Waals surface area contributed by atoms with Crippen LogP contribution in [0.3, 0.4) is 0 Å². The molecular formula is C26H38ClNO4. The number of aliphatic hydroxyl groups excluding tert-OH is 1. The number of ether oxygens (including phenoxy) is 3. The number of methoxy groups -OCH3 is 2. The Labute approximate surface area is 198 Å². The molecule has 178 valence electrons. The van der Waals surface area contributed by atoms with E-state index in [1.165, 1.54) is 5.56 Å². The molecule has 2 N–H and O–H groups in total. The molecule has 1 fully saturated rings. The molecule has 2 aromatic carbocycles. The van der Waals surface area contributed by atoms with Gasteiger partial charge in [0.2, 0.25) is 0 Å². The van der Waals surface area contributed by atoms with Crippen molar-refractivity contribution < 1.29 is 19.3 Å². The van der Waals surface area contributed by atoms with E-state index in [9.17, 15) is 5.11 Å². The van der Waals surface area contributed by atoms with Gasteiger partial charge in [-0.05, 0) is 61.8 Å². The molecule has 0 aliphatic carbocycles. The van der Waals surface area contributed by atoms with E-state index in [0.29, 0.717) is 6.54 Å². The Kier molecular flexibility index (Phi) is 9.83. The van der Waals surface area contributed by atoms with Gasteiger partial charge >= 0.3 is 0 Å². The molecule has 6 heteroatoms. The molecule has 0 bridgehead atoms. The van der Waals surface area contributed by atoms with Gasteiger partial charge in [-0.25, -0.2) is 0 Å². The van der Waals surface area contributed by atoms with Crippen molar-refractivity contribution in [1.29, 1.82) is 0 Å². The summed E-state index contributed by atoms with van der Waals surface area (Å²) < 4.78 is 16.8. The predicted octanol–water partition coefficient (Wildman–Crippen LogP) is 4.64. The first-order chi connectivity index (χ1) is 14.9. The fraction of sp³-hybridized carbons (Fsp3) is 0.538. The second-order valence-corrected chi connectivity index (χ2v) is 9.26. The molecule has 0 radical (unpaired) electrons. The number of halogens is 1. The summed E-state index contributed by atoms with van der Waals surface area (Å²) in [5.74, 6) is 1.59. The van der Waals surface area contributed by atoms with Gasteiger partial charge in [0, 0.05) is 32.2 Å². The third-order valence-corrected chi connectivity index (χ3v) is 6.52. The first-order valence-electron chi connectivity index (χ1n) is 11.1. The van der Waals surface area contributed by atoms with Crippen molar-refractivity contribution in [2.45, 2.75) is 45.3 Å². The molecule has 2 unspecified atom stereocenters. The summed E-state index contributed by atoms with van der Waals surface area (Å²) in [5, 5.41) is 14.0. The zero-order chi connectivity index (χ0) is 22.3. The monoisotopic (exact) mass is 463 g/mol. The van der Waals surface area contributed by atoms with Crippen LogP contribution in [0.25, 0.3) is 0 Å². The molecule has 1 aliphatic heterocycles. The van der Waals surface area contributed by atoms with Gasteiger partial charge in [0.1, 0.15) is 0 Å². The highest BCUT2D eigenvalue weighted by Crippen LogP contribution is 2.46. The van der Waals surface area contributed by atoms with E-state index in [1.54, 1.807) is 14.2 Å². The Morgan fingerprint density at radius 2 is 1.75 bits per heavy atom. The first-order valence-corrected chi connectivity index (χ1v) is 11.1. The van der Waals surface area contributed by atoms with Crippen molar-refractivity contribution in [3.63, 3.8) is 0 Å². The van der Waals surface area contributed by atoms with Gasteiger partial charge in [-0.3, -0.25) is 0 Å². The Hall–Kier alpha value is -1.79. The van der Waals surface area contributed by atoms with Crippen molar-refractivity contribution in [2.24, 2.45) is 11.3 Å². The van der Waals surface area contributed by atoms with E-state index < -0.39 is 0 Å². The van der Waals surface area contributed by atoms with E-state index >= 15 is 0 Å². The normalized spacial score (nSPS) is 20.8. The Bertz CT molecular complexity index is 830. The lowest BCUT2D eigenvalue weighted by Crippen LogP contribution is -2.50. The Morgan fingerprint density at radius 1 is 1.03 bits per heavy atom. The molecule has 2 aromatic rings. The van der Waals surface area contributed by atoms with Crippen molar-refractivity contribution in [3.8, 4) is 11.5 Å². The molecule has 0 saturated carbocycles. The van der Waals surface area contributed by atoms with Crippen LogP contribution in [0.15, 0.2) is 48.5 Å². The van der Waals surface area contributed by atoms with Crippen molar-refractivity contribution in [1.82, 2.24) is 5.32 Å². The van der Waals surface area contributed by atoms with Crippen LogP contribution in [0.4, 0.5) is 0 Å². The van der Waals surface area contributed by atoms with Crippen molar-refractivity contribution in [2.75, 3.05) is 34.0 Å². The summed E-state index contributed by atoms with van der Waals surface area (Å²) in [6.07, 6.45) is 2.83. The summed E-state index contributed by atoms with van der Waals surface area (Å²) in [5.41, 5.74) is 2.24. The SMILES string of the molecule is COc1ccc(CNCC(CO)C2(Cc3ccccc3)CCOC(C)(C)C2)cc1OC.Cl. The fourth-order valence-corrected chi connectivity index (χ4v) is 5.02. The minimum atomic E-state index is -0.191. The molecule has 0 aromatic heterocycles. The lowest BCUT2D eigenvalue weighted by molar-refractivity contribution is -0.127. The second-order valence-electron chi connectivity index (χ2n) is 9.26. The lowest BCUT2D eigenvalue weighted by Gasteiger charge is -2.49. The lowest BCUT2D eigenvalue weighted by atomic mass is 9.63. The molecule has 0 spiro atoms. The van der Waals surface area contributed by atoms with Gasteiger partial charge in [-0.2, -0.15) is 0 Å². The number of hydrogen-bond donors (Lipinski definition) is 2. The minimum absolute atomic E-state index is 0. The van der Waals surface area contributed by atoms with E-state index in [1.807, 2.05) is 18.2 Å². The van der Waals surface area contributed by atoms with E-state index in [-0.39, 0.29) is 35.9 Å². The molecule has 32 heavy (non-hydrogen) atoms. The number of rotatable bonds is 10. The molecule has 5 nitrogen and oxygen atoms in total. The second kappa shape index (κ2) is 11.9.